The molecule has 3 atom stereocenters. The normalized spacial score (nSPS) is 14.7. The van der Waals surface area contributed by atoms with Crippen molar-refractivity contribution in [2.24, 2.45) is 5.41 Å². The summed E-state index contributed by atoms with van der Waals surface area (Å²) in [6.07, 6.45) is -1.09. The third kappa shape index (κ3) is 6.76. The van der Waals surface area contributed by atoms with Gasteiger partial charge in [-0.2, -0.15) is 0 Å². The summed E-state index contributed by atoms with van der Waals surface area (Å²) in [6.45, 7) is 14.3. The average molecular weight is 547 g/mol. The maximum absolute atomic E-state index is 13.2. The fourth-order valence-electron chi connectivity index (χ4n) is 5.15. The van der Waals surface area contributed by atoms with Gasteiger partial charge >= 0.3 is 5.97 Å². The van der Waals surface area contributed by atoms with Gasteiger partial charge in [-0.15, -0.1) is 6.58 Å². The standard InChI is InChI=1S/C33H42O5Si/c1-8-33(5,6)30(36-7)29(38-31(35)25-18-12-9-13-19-25)28(34)24-37-39(32(2,3)4,26-20-14-10-15-21-26)27-22-16-11-17-23-27/h8-23,28-30,34H,1,24H2,2-7H3/t28-,29+,30-/m1/s1. The van der Waals surface area contributed by atoms with Gasteiger partial charge in [-0.05, 0) is 27.5 Å². The number of aliphatic hydroxyl groups excluding tert-OH is 1. The summed E-state index contributed by atoms with van der Waals surface area (Å²) in [4.78, 5) is 13.2. The summed E-state index contributed by atoms with van der Waals surface area (Å²) in [5.41, 5.74) is -0.205. The highest BCUT2D eigenvalue weighted by Crippen LogP contribution is 2.37. The van der Waals surface area contributed by atoms with Crippen LogP contribution in [0.5, 0.6) is 0 Å². The molecule has 0 unspecified atom stereocenters. The van der Waals surface area contributed by atoms with Gasteiger partial charge in [0.25, 0.3) is 8.32 Å². The fourth-order valence-corrected chi connectivity index (χ4v) is 9.73. The van der Waals surface area contributed by atoms with Gasteiger partial charge in [-0.25, -0.2) is 4.79 Å². The van der Waals surface area contributed by atoms with Crippen molar-refractivity contribution in [2.75, 3.05) is 13.7 Å². The highest BCUT2D eigenvalue weighted by atomic mass is 28.4. The van der Waals surface area contributed by atoms with Gasteiger partial charge in [0.2, 0.25) is 0 Å². The van der Waals surface area contributed by atoms with Crippen LogP contribution in [0.3, 0.4) is 0 Å². The predicted molar refractivity (Wildman–Crippen MR) is 160 cm³/mol. The van der Waals surface area contributed by atoms with Crippen molar-refractivity contribution in [3.8, 4) is 0 Å². The summed E-state index contributed by atoms with van der Waals surface area (Å²) in [5.74, 6) is -0.535. The molecule has 0 saturated heterocycles. The first-order chi connectivity index (χ1) is 18.5. The Labute approximate surface area is 234 Å². The number of methoxy groups -OCH3 is 1. The smallest absolute Gasteiger partial charge is 0.338 e. The second kappa shape index (κ2) is 12.9. The quantitative estimate of drug-likeness (QED) is 0.188. The first-order valence-electron chi connectivity index (χ1n) is 13.3. The topological polar surface area (TPSA) is 65.0 Å². The number of hydrogen-bond acceptors (Lipinski definition) is 5. The van der Waals surface area contributed by atoms with E-state index < -0.39 is 38.0 Å². The van der Waals surface area contributed by atoms with Crippen molar-refractivity contribution in [1.82, 2.24) is 0 Å². The van der Waals surface area contributed by atoms with Crippen molar-refractivity contribution in [1.29, 1.82) is 0 Å². The van der Waals surface area contributed by atoms with E-state index in [1.54, 1.807) is 37.5 Å². The third-order valence-corrected chi connectivity index (χ3v) is 12.3. The van der Waals surface area contributed by atoms with Gasteiger partial charge in [0, 0.05) is 12.5 Å². The summed E-state index contributed by atoms with van der Waals surface area (Å²) < 4.78 is 18.8. The van der Waals surface area contributed by atoms with E-state index in [9.17, 15) is 9.90 Å². The number of esters is 1. The van der Waals surface area contributed by atoms with Gasteiger partial charge in [-0.3, -0.25) is 0 Å². The van der Waals surface area contributed by atoms with Crippen LogP contribution in [0.4, 0.5) is 0 Å². The second-order valence-electron chi connectivity index (χ2n) is 11.5. The van der Waals surface area contributed by atoms with Crippen LogP contribution in [0, 0.1) is 5.41 Å². The number of aliphatic hydroxyl groups is 1. The van der Waals surface area contributed by atoms with Crippen molar-refractivity contribution in [2.45, 2.75) is 58.0 Å². The molecule has 0 radical (unpaired) electrons. The van der Waals surface area contributed by atoms with E-state index >= 15 is 0 Å². The SMILES string of the molecule is C=CC(C)(C)[C@H](OC)[C@@H](OC(=O)c1ccccc1)[C@H](O)CO[Si](c1ccccc1)(c1ccccc1)C(C)(C)C. The van der Waals surface area contributed by atoms with E-state index in [1.165, 1.54) is 0 Å². The van der Waals surface area contributed by atoms with Gasteiger partial charge in [0.15, 0.2) is 6.10 Å². The molecule has 1 N–H and O–H groups in total. The number of carbonyl (C=O) groups excluding carboxylic acids is 1. The highest BCUT2D eigenvalue weighted by molar-refractivity contribution is 6.99. The molecule has 0 fully saturated rings. The third-order valence-electron chi connectivity index (χ3n) is 7.33. The minimum atomic E-state index is -2.92. The molecule has 0 aliphatic heterocycles. The van der Waals surface area contributed by atoms with Crippen molar-refractivity contribution >= 4 is 24.7 Å². The minimum absolute atomic E-state index is 0.0485. The van der Waals surface area contributed by atoms with E-state index in [-0.39, 0.29) is 11.6 Å². The van der Waals surface area contributed by atoms with Crippen LogP contribution in [0.2, 0.25) is 5.04 Å². The lowest BCUT2D eigenvalue weighted by molar-refractivity contribution is -0.123. The second-order valence-corrected chi connectivity index (χ2v) is 15.8. The minimum Gasteiger partial charge on any atom is -0.453 e. The molecule has 0 bridgehead atoms. The highest BCUT2D eigenvalue weighted by Gasteiger charge is 2.51. The Morgan fingerprint density at radius 1 is 0.872 bits per heavy atom. The Balaban J connectivity index is 2.03. The fraction of sp³-hybridized carbons (Fsp3) is 0.364. The Kier molecular flexibility index (Phi) is 10.1. The van der Waals surface area contributed by atoms with Crippen LogP contribution < -0.4 is 10.4 Å². The van der Waals surface area contributed by atoms with Gasteiger partial charge in [0.05, 0.1) is 12.2 Å². The molecule has 6 heteroatoms. The van der Waals surface area contributed by atoms with Crippen molar-refractivity contribution in [3.05, 3.63) is 109 Å². The molecule has 0 aliphatic carbocycles. The molecule has 208 valence electrons. The summed E-state index contributed by atoms with van der Waals surface area (Å²) in [6, 6.07) is 29.2. The van der Waals surface area contributed by atoms with E-state index in [1.807, 2.05) is 56.3 Å². The zero-order valence-electron chi connectivity index (χ0n) is 24.0. The Bertz CT molecular complexity index is 1150. The zero-order chi connectivity index (χ0) is 28.7. The average Bonchev–Trinajstić information content (AvgIpc) is 2.93. The van der Waals surface area contributed by atoms with E-state index in [2.05, 4.69) is 51.6 Å². The van der Waals surface area contributed by atoms with Gasteiger partial charge in [0.1, 0.15) is 12.2 Å². The zero-order valence-corrected chi connectivity index (χ0v) is 25.0. The molecular weight excluding hydrogens is 504 g/mol. The lowest BCUT2D eigenvalue weighted by Crippen LogP contribution is -2.67. The Morgan fingerprint density at radius 3 is 1.74 bits per heavy atom. The molecule has 3 aromatic rings. The lowest BCUT2D eigenvalue weighted by Gasteiger charge is -2.44. The first kappa shape index (κ1) is 30.5. The van der Waals surface area contributed by atoms with Crippen LogP contribution in [-0.2, 0) is 13.9 Å². The molecule has 0 saturated carbocycles. The summed E-state index contributed by atoms with van der Waals surface area (Å²) in [7, 11) is -1.37. The molecule has 0 aromatic heterocycles. The maximum atomic E-state index is 13.2. The monoisotopic (exact) mass is 546 g/mol. The molecule has 0 amide bonds. The molecule has 39 heavy (non-hydrogen) atoms. The predicted octanol–water partition coefficient (Wildman–Crippen LogP) is 5.38. The van der Waals surface area contributed by atoms with Crippen LogP contribution >= 0.6 is 0 Å². The lowest BCUT2D eigenvalue weighted by atomic mass is 9.82. The molecule has 0 spiro atoms. The van der Waals surface area contributed by atoms with E-state index in [4.69, 9.17) is 13.9 Å². The van der Waals surface area contributed by atoms with Crippen molar-refractivity contribution in [3.63, 3.8) is 0 Å². The molecule has 5 nitrogen and oxygen atoms in total. The molecule has 3 aromatic carbocycles. The summed E-state index contributed by atoms with van der Waals surface area (Å²) >= 11 is 0. The number of hydrogen-bond donors (Lipinski definition) is 1. The Morgan fingerprint density at radius 2 is 1.33 bits per heavy atom. The first-order valence-corrected chi connectivity index (χ1v) is 15.2. The largest absolute Gasteiger partial charge is 0.453 e. The van der Waals surface area contributed by atoms with Crippen LogP contribution in [-0.4, -0.2) is 51.4 Å². The number of rotatable bonds is 12. The molecule has 0 aliphatic rings. The van der Waals surface area contributed by atoms with Crippen LogP contribution in [0.15, 0.2) is 104 Å². The van der Waals surface area contributed by atoms with Crippen LogP contribution in [0.25, 0.3) is 0 Å². The molecular formula is C33H42O5Si. The number of ether oxygens (including phenoxy) is 2. The molecule has 0 heterocycles. The maximum Gasteiger partial charge on any atom is 0.338 e. The number of carbonyl (C=O) groups is 1. The summed E-state index contributed by atoms with van der Waals surface area (Å²) in [5, 5.41) is 13.6. The number of benzene rings is 3. The Hall–Kier alpha value is -3.03. The van der Waals surface area contributed by atoms with Gasteiger partial charge < -0.3 is 19.0 Å². The van der Waals surface area contributed by atoms with Crippen LogP contribution in [0.1, 0.15) is 45.0 Å². The molecule has 3 rings (SSSR count). The van der Waals surface area contributed by atoms with Gasteiger partial charge in [-0.1, -0.05) is 120 Å². The van der Waals surface area contributed by atoms with E-state index in [0.717, 1.165) is 10.4 Å². The van der Waals surface area contributed by atoms with E-state index in [0.29, 0.717) is 5.56 Å². The van der Waals surface area contributed by atoms with Crippen molar-refractivity contribution < 1.29 is 23.8 Å².